The van der Waals surface area contributed by atoms with Gasteiger partial charge in [-0.15, -0.1) is 11.8 Å². The molecule has 2 atom stereocenters. The minimum absolute atomic E-state index is 0.00926. The summed E-state index contributed by atoms with van der Waals surface area (Å²) in [5.74, 6) is 3.72. The van der Waals surface area contributed by atoms with Crippen molar-refractivity contribution in [2.24, 2.45) is 5.92 Å². The largest absolute Gasteiger partial charge is 0.453 e. The molecule has 46 heteroatoms. The van der Waals surface area contributed by atoms with Gasteiger partial charge in [0.1, 0.15) is 54.6 Å². The highest BCUT2D eigenvalue weighted by atomic mass is 32.3. The first-order valence-corrected chi connectivity index (χ1v) is 58.3. The van der Waals surface area contributed by atoms with Gasteiger partial charge in [0.2, 0.25) is 39.7 Å². The Kier molecular flexibility index (Phi) is 54.6. The number of furan rings is 1. The molecule has 1 aromatic carbocycles. The molecule has 1 aliphatic carbocycles. The summed E-state index contributed by atoms with van der Waals surface area (Å²) in [6.07, 6.45) is 30.8. The summed E-state index contributed by atoms with van der Waals surface area (Å²) in [5.41, 5.74) is 0. The minimum atomic E-state index is -3.18. The van der Waals surface area contributed by atoms with Crippen LogP contribution in [0.1, 0.15) is 98.8 Å². The maximum Gasteiger partial charge on any atom is 0.217 e. The van der Waals surface area contributed by atoms with Gasteiger partial charge in [-0.2, -0.15) is 16.1 Å². The van der Waals surface area contributed by atoms with Gasteiger partial charge in [0.15, 0.2) is 44.4 Å². The number of hydrogen-bond donors (Lipinski definition) is 1. The molecule has 2 unspecified atom stereocenters. The number of aromatic nitrogens is 2. The smallest absolute Gasteiger partial charge is 0.217 e. The second-order valence-corrected chi connectivity index (χ2v) is 53.9. The molecule has 0 amide bonds. The molecule has 106 heavy (non-hydrogen) atoms. The van der Waals surface area contributed by atoms with Crippen LogP contribution < -0.4 is 5.32 Å². The average molecular weight is 1790 g/mol. The van der Waals surface area contributed by atoms with E-state index in [-0.39, 0.29) is 26.0 Å². The number of benzene rings is 1. The number of hydrogen-bond acceptors (Lipinski definition) is 32. The Bertz CT molecular complexity index is 4080. The van der Waals surface area contributed by atoms with E-state index in [0.29, 0.717) is 61.0 Å². The highest BCUT2D eigenvalue weighted by Crippen LogP contribution is 2.24. The van der Waals surface area contributed by atoms with E-state index in [0.717, 1.165) is 114 Å². The van der Waals surface area contributed by atoms with Crippen molar-refractivity contribution in [1.29, 1.82) is 0 Å². The van der Waals surface area contributed by atoms with Crippen LogP contribution in [0.5, 0.6) is 0 Å². The molecule has 1 N–H and O–H groups in total. The molecular weight excluding hydrogens is 1670 g/mol. The predicted octanol–water partition coefficient (Wildman–Crippen LogP) is 4.12. The Balaban J connectivity index is -0.000000537. The second kappa shape index (κ2) is 52.7. The summed E-state index contributed by atoms with van der Waals surface area (Å²) >= 11 is 3.05. The highest BCUT2D eigenvalue weighted by Gasteiger charge is 2.26. The maximum absolute atomic E-state index is 11.0. The number of sulfonamides is 2. The molecule has 32 nitrogen and oxygen atoms in total. The van der Waals surface area contributed by atoms with Crippen molar-refractivity contribution in [3.05, 3.63) is 67.3 Å². The summed E-state index contributed by atoms with van der Waals surface area (Å²) < 4.78 is 271. The zero-order valence-corrected chi connectivity index (χ0v) is 75.5. The van der Waals surface area contributed by atoms with Crippen molar-refractivity contribution in [3.8, 4) is 0 Å². The van der Waals surface area contributed by atoms with E-state index >= 15 is 0 Å². The van der Waals surface area contributed by atoms with Crippen LogP contribution in [0.4, 0.5) is 0 Å². The van der Waals surface area contributed by atoms with Crippen molar-refractivity contribution in [2.75, 3.05) is 163 Å². The number of nitrogens with one attached hydrogen (secondary N) is 1. The van der Waals surface area contributed by atoms with Gasteiger partial charge in [-0.25, -0.2) is 110 Å². The third-order valence-electron chi connectivity index (χ3n) is 13.1. The zero-order chi connectivity index (χ0) is 83.5. The van der Waals surface area contributed by atoms with Gasteiger partial charge >= 0.3 is 0 Å². The van der Waals surface area contributed by atoms with Crippen LogP contribution >= 0.6 is 23.5 Å². The quantitative estimate of drug-likeness (QED) is 0.237. The van der Waals surface area contributed by atoms with Crippen LogP contribution in [0, 0.1) is 5.92 Å². The first-order chi connectivity index (χ1) is 47.8. The van der Waals surface area contributed by atoms with Crippen LogP contribution in [0.15, 0.2) is 86.7 Å². The Morgan fingerprint density at radius 2 is 1.01 bits per heavy atom. The Morgan fingerprint density at radius 3 is 1.23 bits per heavy atom. The summed E-state index contributed by atoms with van der Waals surface area (Å²) in [4.78, 5) is 7.58. The lowest BCUT2D eigenvalue weighted by Gasteiger charge is -2.23. The molecule has 6 heterocycles. The number of rotatable bonds is 14. The average Bonchev–Trinajstić information content (AvgIpc) is 1.86. The molecule has 628 valence electrons. The van der Waals surface area contributed by atoms with Gasteiger partial charge in [0, 0.05) is 131 Å². The normalized spacial score (nSPS) is 17.9. The van der Waals surface area contributed by atoms with E-state index in [4.69, 9.17) is 9.47 Å². The summed E-state index contributed by atoms with van der Waals surface area (Å²) in [7, 11) is -34.5. The number of sulfone groups is 10. The van der Waals surface area contributed by atoms with Gasteiger partial charge in [-0.3, -0.25) is 10.3 Å². The van der Waals surface area contributed by atoms with Gasteiger partial charge in [-0.1, -0.05) is 58.2 Å². The number of morpholine rings is 1. The summed E-state index contributed by atoms with van der Waals surface area (Å²) in [6.45, 7) is 14.1. The van der Waals surface area contributed by atoms with E-state index in [2.05, 4.69) is 19.7 Å². The summed E-state index contributed by atoms with van der Waals surface area (Å²) in [5, 5.41) is 2.41. The third-order valence-corrected chi connectivity index (χ3v) is 30.2. The van der Waals surface area contributed by atoms with Crippen LogP contribution in [0.25, 0.3) is 0 Å². The molecule has 4 saturated heterocycles. The fraction of sp³-hybridized carbons (Fsp3) is 0.767. The zero-order valence-electron chi connectivity index (χ0n) is 64.0. The third kappa shape index (κ3) is 67.2. The molecule has 5 aliphatic rings. The lowest BCUT2D eigenvalue weighted by molar-refractivity contribution is 0.0733. The Hall–Kier alpha value is -2.52. The number of nitrogens with zero attached hydrogens (tertiary/aromatic N) is 4. The van der Waals surface area contributed by atoms with Crippen LogP contribution in [-0.2, 0) is 128 Å². The topological polar surface area (TPSA) is 486 Å². The van der Waals surface area contributed by atoms with E-state index in [9.17, 15) is 101 Å². The van der Waals surface area contributed by atoms with Crippen molar-refractivity contribution < 1.29 is 115 Å². The number of thioether (sulfide) groups is 2. The van der Waals surface area contributed by atoms with Gasteiger partial charge in [0.25, 0.3) is 0 Å². The van der Waals surface area contributed by atoms with E-state index < -0.39 is 123 Å². The lowest BCUT2D eigenvalue weighted by atomic mass is 10.0. The fourth-order valence-corrected chi connectivity index (χ4v) is 18.4. The van der Waals surface area contributed by atoms with Gasteiger partial charge in [0.05, 0.1) is 65.9 Å². The molecule has 4 aliphatic heterocycles. The van der Waals surface area contributed by atoms with E-state index in [1.54, 1.807) is 55.9 Å². The summed E-state index contributed by atoms with van der Waals surface area (Å²) in [6, 6.07) is 11.3. The standard InChI is InChI=1S/C7H14O2S.C7H8O2S.C6H14O2S.C5H6N2O2S.C5H11NO3S.C5H11NO2S2.C5H11NO2S.C5H10O3S2.C5H6O3S.2C4H10O2S.C2H6O2S/c2*1-10(8,9)7-5-3-2-4-6-7;1-6(2)4-5-9(3,7)8;1-10(8,9)5-4-6-2-3-7-5;1-10(7,8)6-2-4-9-5-3-6;1-10(7,8)5-4-9-3-2-6-5;1-9(7,8)6-4-2-3-5-6;1-10(6,7)5-8-3-2-4-9-5;1-9(6,7)5-3-2-4-8-5;1-4(2)7(3,5)6;1-3-4-7(2,5)6;1-5(2,3)4/h7H,2-6H2,1H3;2-6H,1H3;6H,4-5H2,1-3H3;2-4H,1H3;2-5H2,1H3;5-6H,2-4H2,1H3;2-5H2,1H3;5H,2-4H2,1H3;2-4H,1H3;4H,1-3H3;3-4H2,1-2H3;1-2H3. The fourth-order valence-electron chi connectivity index (χ4n) is 7.36. The Morgan fingerprint density at radius 1 is 0.528 bits per heavy atom. The van der Waals surface area contributed by atoms with Gasteiger partial charge in [-0.05, 0) is 94.7 Å². The maximum atomic E-state index is 11.0. The predicted molar refractivity (Wildman–Crippen MR) is 427 cm³/mol. The SMILES string of the molecule is CC(C)CCS(C)(=O)=O.CC(C)S(C)(=O)=O.CCCS(C)(=O)=O.CS(=O)(=O)C1CCCCC1.CS(=O)(=O)C1CSCCN1.CS(=O)(=O)C1OCCCS1.CS(=O)(=O)N1CCCC1.CS(=O)(=O)N1CCOCC1.CS(=O)(=O)c1ccccc1.CS(=O)(=O)c1ccco1.CS(=O)(=O)c1cnccn1.CS(C)(=O)=O. The molecule has 8 rings (SSSR count). The molecule has 1 saturated carbocycles. The van der Waals surface area contributed by atoms with Crippen molar-refractivity contribution in [3.63, 3.8) is 0 Å². The Labute approximate surface area is 645 Å². The first kappa shape index (κ1) is 110. The van der Waals surface area contributed by atoms with Crippen LogP contribution in [0.3, 0.4) is 0 Å². The molecule has 0 radical (unpaired) electrons. The monoisotopic (exact) mass is 1790 g/mol. The molecule has 0 spiro atoms. The van der Waals surface area contributed by atoms with E-state index in [1.807, 2.05) is 20.8 Å². The molecule has 0 bridgehead atoms. The first-order valence-electron chi connectivity index (χ1n) is 32.5. The van der Waals surface area contributed by atoms with Crippen molar-refractivity contribution in [2.45, 2.75) is 134 Å². The van der Waals surface area contributed by atoms with Gasteiger partial charge < -0.3 is 13.9 Å². The molecular formula is C60H117N5O27S14. The number of ether oxygens (including phenoxy) is 2. The van der Waals surface area contributed by atoms with Crippen LogP contribution in [0.2, 0.25) is 0 Å². The van der Waals surface area contributed by atoms with Crippen molar-refractivity contribution >= 4 is 142 Å². The van der Waals surface area contributed by atoms with E-state index in [1.165, 1.54) is 120 Å². The molecule has 3 aromatic rings. The van der Waals surface area contributed by atoms with Crippen molar-refractivity contribution in [1.82, 2.24) is 23.9 Å². The minimum Gasteiger partial charge on any atom is -0.453 e. The molecule has 5 fully saturated rings. The van der Waals surface area contributed by atoms with Crippen LogP contribution in [-0.4, -0.2) is 303 Å². The molecule has 2 aromatic heterocycles. The highest BCUT2D eigenvalue weighted by molar-refractivity contribution is 8.13. The lowest BCUT2D eigenvalue weighted by Crippen LogP contribution is -2.42. The second-order valence-electron chi connectivity index (χ2n) is 25.4.